The van der Waals surface area contributed by atoms with Crippen molar-refractivity contribution in [3.05, 3.63) is 12.2 Å². The first-order valence-corrected chi connectivity index (χ1v) is 4.33. The number of rotatable bonds is 2. The molecule has 0 saturated heterocycles. The Morgan fingerprint density at radius 1 is 1.75 bits per heavy atom. The molecule has 0 heterocycles. The summed E-state index contributed by atoms with van der Waals surface area (Å²) in [6, 6.07) is 0.115. The second kappa shape index (κ2) is 4.26. The third-order valence-electron chi connectivity index (χ3n) is 1.95. The number of nitrogens with two attached hydrogens (primary N) is 1. The molecule has 3 heteroatoms. The molecule has 1 rings (SSSR count). The predicted octanol–water partition coefficient (Wildman–Crippen LogP) is 0.843. The molecule has 0 bridgehead atoms. The number of ether oxygens (including phenoxy) is 1. The van der Waals surface area contributed by atoms with E-state index in [0.29, 0.717) is 6.61 Å². The van der Waals surface area contributed by atoms with E-state index in [1.807, 2.05) is 19.1 Å². The van der Waals surface area contributed by atoms with Gasteiger partial charge in [-0.3, -0.25) is 4.79 Å². The summed E-state index contributed by atoms with van der Waals surface area (Å²) >= 11 is 0. The second-order valence-corrected chi connectivity index (χ2v) is 3.02. The maximum atomic E-state index is 11.2. The van der Waals surface area contributed by atoms with Crippen LogP contribution in [-0.4, -0.2) is 18.6 Å². The standard InChI is InChI=1S/C9H15NO2/c1-2-12-9(11)7-4-3-5-8(10)6-7/h3-4,7-8H,2,5-6,10H2,1H3/t7-,8+/m0/s1. The summed E-state index contributed by atoms with van der Waals surface area (Å²) in [5, 5.41) is 0. The van der Waals surface area contributed by atoms with Crippen molar-refractivity contribution < 1.29 is 9.53 Å². The average Bonchev–Trinajstić information content (AvgIpc) is 2.05. The van der Waals surface area contributed by atoms with Gasteiger partial charge in [0.15, 0.2) is 0 Å². The van der Waals surface area contributed by atoms with E-state index >= 15 is 0 Å². The molecular formula is C9H15NO2. The topological polar surface area (TPSA) is 52.3 Å². The van der Waals surface area contributed by atoms with Crippen molar-refractivity contribution in [2.75, 3.05) is 6.61 Å². The fourth-order valence-electron chi connectivity index (χ4n) is 1.34. The van der Waals surface area contributed by atoms with Crippen molar-refractivity contribution in [2.24, 2.45) is 11.7 Å². The van der Waals surface area contributed by atoms with Crippen LogP contribution in [0.15, 0.2) is 12.2 Å². The lowest BCUT2D eigenvalue weighted by molar-refractivity contribution is -0.146. The van der Waals surface area contributed by atoms with Gasteiger partial charge in [0.1, 0.15) is 0 Å². The molecule has 2 N–H and O–H groups in total. The molecule has 0 saturated carbocycles. The molecule has 0 aromatic rings. The Bertz CT molecular complexity index is 189. The lowest BCUT2D eigenvalue weighted by Crippen LogP contribution is -2.29. The van der Waals surface area contributed by atoms with Crippen molar-refractivity contribution in [1.82, 2.24) is 0 Å². The lowest BCUT2D eigenvalue weighted by atomic mass is 9.92. The molecule has 0 radical (unpaired) electrons. The summed E-state index contributed by atoms with van der Waals surface area (Å²) in [5.74, 6) is -0.266. The van der Waals surface area contributed by atoms with E-state index in [0.717, 1.165) is 12.8 Å². The van der Waals surface area contributed by atoms with E-state index < -0.39 is 0 Å². The Morgan fingerprint density at radius 3 is 3.08 bits per heavy atom. The number of hydrogen-bond donors (Lipinski definition) is 1. The monoisotopic (exact) mass is 169 g/mol. The normalized spacial score (nSPS) is 28.5. The van der Waals surface area contributed by atoms with Crippen LogP contribution in [0.3, 0.4) is 0 Å². The van der Waals surface area contributed by atoms with Gasteiger partial charge in [-0.25, -0.2) is 0 Å². The van der Waals surface area contributed by atoms with E-state index in [-0.39, 0.29) is 17.9 Å². The maximum absolute atomic E-state index is 11.2. The second-order valence-electron chi connectivity index (χ2n) is 3.02. The van der Waals surface area contributed by atoms with Crippen LogP contribution in [-0.2, 0) is 9.53 Å². The third kappa shape index (κ3) is 2.34. The fourth-order valence-corrected chi connectivity index (χ4v) is 1.34. The van der Waals surface area contributed by atoms with Crippen LogP contribution in [0.4, 0.5) is 0 Å². The van der Waals surface area contributed by atoms with Gasteiger partial charge in [0.25, 0.3) is 0 Å². The Hall–Kier alpha value is -0.830. The van der Waals surface area contributed by atoms with E-state index in [1.54, 1.807) is 0 Å². The van der Waals surface area contributed by atoms with E-state index in [4.69, 9.17) is 10.5 Å². The zero-order valence-corrected chi connectivity index (χ0v) is 7.32. The molecule has 0 aromatic heterocycles. The minimum absolute atomic E-state index is 0.115. The van der Waals surface area contributed by atoms with Gasteiger partial charge >= 0.3 is 5.97 Å². The molecule has 0 amide bonds. The Balaban J connectivity index is 2.46. The van der Waals surface area contributed by atoms with Crippen LogP contribution in [0.5, 0.6) is 0 Å². The first kappa shape index (κ1) is 9.26. The van der Waals surface area contributed by atoms with Crippen LogP contribution in [0.2, 0.25) is 0 Å². The van der Waals surface area contributed by atoms with Gasteiger partial charge in [-0.2, -0.15) is 0 Å². The molecular weight excluding hydrogens is 154 g/mol. The highest BCUT2D eigenvalue weighted by molar-refractivity contribution is 5.74. The average molecular weight is 169 g/mol. The molecule has 0 unspecified atom stereocenters. The third-order valence-corrected chi connectivity index (χ3v) is 1.95. The molecule has 2 atom stereocenters. The number of carbonyl (C=O) groups excluding carboxylic acids is 1. The number of hydrogen-bond acceptors (Lipinski definition) is 3. The molecule has 3 nitrogen and oxygen atoms in total. The quantitative estimate of drug-likeness (QED) is 0.492. The largest absolute Gasteiger partial charge is 0.466 e. The molecule has 1 aliphatic carbocycles. The Labute approximate surface area is 72.6 Å². The SMILES string of the molecule is CCOC(=O)[C@H]1C=CC[C@@H](N)C1. The van der Waals surface area contributed by atoms with E-state index in [2.05, 4.69) is 0 Å². The van der Waals surface area contributed by atoms with Crippen molar-refractivity contribution in [3.8, 4) is 0 Å². The fraction of sp³-hybridized carbons (Fsp3) is 0.667. The van der Waals surface area contributed by atoms with Crippen molar-refractivity contribution in [1.29, 1.82) is 0 Å². The summed E-state index contributed by atoms with van der Waals surface area (Å²) in [6.45, 7) is 2.25. The number of esters is 1. The number of carbonyl (C=O) groups is 1. The van der Waals surface area contributed by atoms with Crippen LogP contribution in [0.25, 0.3) is 0 Å². The zero-order valence-electron chi connectivity index (χ0n) is 7.32. The highest BCUT2D eigenvalue weighted by Gasteiger charge is 2.22. The maximum Gasteiger partial charge on any atom is 0.312 e. The molecule has 0 aromatic carbocycles. The van der Waals surface area contributed by atoms with Gasteiger partial charge in [-0.1, -0.05) is 12.2 Å². The summed E-state index contributed by atoms with van der Waals surface area (Å²) in [5.41, 5.74) is 5.70. The minimum Gasteiger partial charge on any atom is -0.466 e. The molecule has 1 aliphatic rings. The van der Waals surface area contributed by atoms with Gasteiger partial charge in [0.2, 0.25) is 0 Å². The van der Waals surface area contributed by atoms with Crippen LogP contribution in [0, 0.1) is 5.92 Å². The van der Waals surface area contributed by atoms with Crippen molar-refractivity contribution in [2.45, 2.75) is 25.8 Å². The van der Waals surface area contributed by atoms with Crippen molar-refractivity contribution in [3.63, 3.8) is 0 Å². The van der Waals surface area contributed by atoms with Crippen LogP contribution >= 0.6 is 0 Å². The van der Waals surface area contributed by atoms with E-state index in [9.17, 15) is 4.79 Å². The van der Waals surface area contributed by atoms with Crippen LogP contribution in [0.1, 0.15) is 19.8 Å². The van der Waals surface area contributed by atoms with Gasteiger partial charge in [0, 0.05) is 6.04 Å². The first-order chi connectivity index (χ1) is 5.74. The highest BCUT2D eigenvalue weighted by atomic mass is 16.5. The predicted molar refractivity (Wildman–Crippen MR) is 46.5 cm³/mol. The molecule has 68 valence electrons. The van der Waals surface area contributed by atoms with Gasteiger partial charge in [-0.15, -0.1) is 0 Å². The van der Waals surface area contributed by atoms with Crippen LogP contribution < -0.4 is 5.73 Å². The lowest BCUT2D eigenvalue weighted by Gasteiger charge is -2.19. The molecule has 12 heavy (non-hydrogen) atoms. The summed E-state index contributed by atoms with van der Waals surface area (Å²) in [7, 11) is 0. The van der Waals surface area contributed by atoms with Gasteiger partial charge < -0.3 is 10.5 Å². The Kier molecular flexibility index (Phi) is 3.29. The minimum atomic E-state index is -0.149. The van der Waals surface area contributed by atoms with Gasteiger partial charge in [0.05, 0.1) is 12.5 Å². The molecule has 0 fully saturated rings. The summed E-state index contributed by atoms with van der Waals surface area (Å²) in [6.07, 6.45) is 5.43. The smallest absolute Gasteiger partial charge is 0.312 e. The Morgan fingerprint density at radius 2 is 2.50 bits per heavy atom. The van der Waals surface area contributed by atoms with Gasteiger partial charge in [-0.05, 0) is 19.8 Å². The van der Waals surface area contributed by atoms with Crippen molar-refractivity contribution >= 4 is 5.97 Å². The first-order valence-electron chi connectivity index (χ1n) is 4.33. The zero-order chi connectivity index (χ0) is 8.97. The summed E-state index contributed by atoms with van der Waals surface area (Å²) in [4.78, 5) is 11.2. The van der Waals surface area contributed by atoms with E-state index in [1.165, 1.54) is 0 Å². The molecule has 0 aliphatic heterocycles. The molecule has 0 spiro atoms. The summed E-state index contributed by atoms with van der Waals surface area (Å²) < 4.78 is 4.88. The highest BCUT2D eigenvalue weighted by Crippen LogP contribution is 2.17.